The van der Waals surface area contributed by atoms with Crippen molar-refractivity contribution < 1.29 is 13.2 Å². The molecule has 6 nitrogen and oxygen atoms in total. The molecule has 2 N–H and O–H groups in total. The van der Waals surface area contributed by atoms with Crippen LogP contribution in [0.15, 0.2) is 23.1 Å². The predicted octanol–water partition coefficient (Wildman–Crippen LogP) is 0.509. The Hall–Kier alpha value is -1.60. The monoisotopic (exact) mass is 295 g/mol. The second-order valence-corrected chi connectivity index (χ2v) is 7.02. The van der Waals surface area contributed by atoms with Gasteiger partial charge in [-0.1, -0.05) is 0 Å². The molecular weight excluding hydrogens is 278 g/mol. The Balaban J connectivity index is 1.85. The maximum absolute atomic E-state index is 12.4. The number of carbonyl (C=O) groups excluding carboxylic acids is 1. The van der Waals surface area contributed by atoms with Crippen molar-refractivity contribution >= 4 is 21.6 Å². The fourth-order valence-corrected chi connectivity index (χ4v) is 4.35. The van der Waals surface area contributed by atoms with E-state index >= 15 is 0 Å². The van der Waals surface area contributed by atoms with E-state index in [0.29, 0.717) is 12.2 Å². The minimum absolute atomic E-state index is 0.0314. The van der Waals surface area contributed by atoms with Gasteiger partial charge in [0.25, 0.3) is 15.9 Å². The van der Waals surface area contributed by atoms with E-state index in [1.165, 1.54) is 12.1 Å². The number of benzene rings is 1. The zero-order valence-corrected chi connectivity index (χ0v) is 11.9. The Bertz CT molecular complexity index is 651. The summed E-state index contributed by atoms with van der Waals surface area (Å²) in [5.41, 5.74) is 6.19. The number of nitrogens with zero attached hydrogens (tertiary/aromatic N) is 2. The molecule has 0 unspecified atom stereocenters. The molecule has 1 amide bonds. The minimum Gasteiger partial charge on any atom is -0.399 e. The van der Waals surface area contributed by atoms with Crippen LogP contribution in [0.25, 0.3) is 0 Å². The Morgan fingerprint density at radius 1 is 1.15 bits per heavy atom. The number of hydrogen-bond donors (Lipinski definition) is 1. The van der Waals surface area contributed by atoms with E-state index in [9.17, 15) is 13.2 Å². The Kier molecular flexibility index (Phi) is 3.18. The molecule has 20 heavy (non-hydrogen) atoms. The van der Waals surface area contributed by atoms with Gasteiger partial charge in [0.1, 0.15) is 4.90 Å². The minimum atomic E-state index is -3.73. The van der Waals surface area contributed by atoms with Crippen LogP contribution in [0.2, 0.25) is 0 Å². The summed E-state index contributed by atoms with van der Waals surface area (Å²) in [5, 5.41) is 0. The highest BCUT2D eigenvalue weighted by Gasteiger charge is 2.41. The predicted molar refractivity (Wildman–Crippen MR) is 74.8 cm³/mol. The topological polar surface area (TPSA) is 83.7 Å². The highest BCUT2D eigenvalue weighted by atomic mass is 32.2. The normalized spacial score (nSPS) is 21.4. The number of anilines is 1. The Labute approximate surface area is 118 Å². The van der Waals surface area contributed by atoms with Gasteiger partial charge < -0.3 is 10.6 Å². The molecule has 0 bridgehead atoms. The maximum Gasteiger partial charge on any atom is 0.269 e. The van der Waals surface area contributed by atoms with E-state index in [2.05, 4.69) is 4.90 Å². The molecule has 0 radical (unpaired) electrons. The van der Waals surface area contributed by atoms with Crippen molar-refractivity contribution in [1.29, 1.82) is 0 Å². The highest BCUT2D eigenvalue weighted by Crippen LogP contribution is 2.31. The highest BCUT2D eigenvalue weighted by molar-refractivity contribution is 7.90. The van der Waals surface area contributed by atoms with Gasteiger partial charge in [0.05, 0.1) is 12.1 Å². The number of sulfonamides is 1. The number of rotatable bonds is 3. The Morgan fingerprint density at radius 3 is 2.55 bits per heavy atom. The first-order chi connectivity index (χ1) is 9.50. The quantitative estimate of drug-likeness (QED) is 0.821. The largest absolute Gasteiger partial charge is 0.399 e. The van der Waals surface area contributed by atoms with E-state index in [4.69, 9.17) is 5.73 Å². The van der Waals surface area contributed by atoms with E-state index in [-0.39, 0.29) is 17.0 Å². The van der Waals surface area contributed by atoms with E-state index in [1.807, 2.05) is 0 Å². The summed E-state index contributed by atoms with van der Waals surface area (Å²) >= 11 is 0. The van der Waals surface area contributed by atoms with Crippen molar-refractivity contribution in [2.45, 2.75) is 17.7 Å². The molecule has 2 aliphatic heterocycles. The van der Waals surface area contributed by atoms with Crippen molar-refractivity contribution in [1.82, 2.24) is 9.21 Å². The second kappa shape index (κ2) is 4.75. The van der Waals surface area contributed by atoms with E-state index in [1.54, 1.807) is 6.07 Å². The van der Waals surface area contributed by atoms with Crippen LogP contribution in [0.1, 0.15) is 23.2 Å². The lowest BCUT2D eigenvalue weighted by Crippen LogP contribution is -2.37. The lowest BCUT2D eigenvalue weighted by atomic mass is 10.2. The van der Waals surface area contributed by atoms with Gasteiger partial charge in [-0.15, -0.1) is 0 Å². The standard InChI is InChI=1S/C13H17N3O3S/c14-10-3-4-11-12(9-10)20(18,19)16(13(11)17)8-7-15-5-1-2-6-15/h3-4,9H,1-2,5-8,14H2. The van der Waals surface area contributed by atoms with Gasteiger partial charge in [-0.2, -0.15) is 0 Å². The molecule has 0 spiro atoms. The summed E-state index contributed by atoms with van der Waals surface area (Å²) in [6.07, 6.45) is 2.27. The summed E-state index contributed by atoms with van der Waals surface area (Å²) in [4.78, 5) is 14.4. The molecule has 1 saturated heterocycles. The molecule has 1 aromatic carbocycles. The Morgan fingerprint density at radius 2 is 1.85 bits per heavy atom. The summed E-state index contributed by atoms with van der Waals surface area (Å²) in [5.74, 6) is -0.445. The smallest absolute Gasteiger partial charge is 0.269 e. The van der Waals surface area contributed by atoms with E-state index < -0.39 is 15.9 Å². The molecule has 1 fully saturated rings. The van der Waals surface area contributed by atoms with Crippen LogP contribution < -0.4 is 5.73 Å². The molecule has 0 aromatic heterocycles. The lowest BCUT2D eigenvalue weighted by molar-refractivity contribution is 0.0863. The number of hydrogen-bond acceptors (Lipinski definition) is 5. The molecule has 108 valence electrons. The molecule has 2 heterocycles. The van der Waals surface area contributed by atoms with Crippen molar-refractivity contribution in [3.05, 3.63) is 23.8 Å². The summed E-state index contributed by atoms with van der Waals surface area (Å²) in [7, 11) is -3.73. The van der Waals surface area contributed by atoms with Gasteiger partial charge in [0.2, 0.25) is 0 Å². The fourth-order valence-electron chi connectivity index (χ4n) is 2.75. The fraction of sp³-hybridized carbons (Fsp3) is 0.462. The van der Waals surface area contributed by atoms with Crippen molar-refractivity contribution in [2.75, 3.05) is 31.9 Å². The number of nitrogens with two attached hydrogens (primary N) is 1. The zero-order chi connectivity index (χ0) is 14.3. The molecule has 3 rings (SSSR count). The van der Waals surface area contributed by atoms with Crippen LogP contribution >= 0.6 is 0 Å². The number of fused-ring (bicyclic) bond motifs is 1. The SMILES string of the molecule is Nc1ccc2c(c1)S(=O)(=O)N(CCN1CCCC1)C2=O. The van der Waals surface area contributed by atoms with Gasteiger partial charge in [-0.05, 0) is 44.1 Å². The van der Waals surface area contributed by atoms with Crippen molar-refractivity contribution in [3.63, 3.8) is 0 Å². The molecule has 2 aliphatic rings. The summed E-state index contributed by atoms with van der Waals surface area (Å²) < 4.78 is 25.7. The first-order valence-corrected chi connectivity index (χ1v) is 8.13. The van der Waals surface area contributed by atoms with Crippen LogP contribution in [0.4, 0.5) is 5.69 Å². The van der Waals surface area contributed by atoms with Crippen LogP contribution in [0, 0.1) is 0 Å². The third-order valence-electron chi connectivity index (χ3n) is 3.85. The van der Waals surface area contributed by atoms with Crippen molar-refractivity contribution in [3.8, 4) is 0 Å². The number of amides is 1. The summed E-state index contributed by atoms with van der Waals surface area (Å²) in [6.45, 7) is 2.74. The van der Waals surface area contributed by atoms with Crippen LogP contribution in [0.5, 0.6) is 0 Å². The van der Waals surface area contributed by atoms with Crippen LogP contribution in [-0.2, 0) is 10.0 Å². The number of carbonyl (C=O) groups is 1. The first-order valence-electron chi connectivity index (χ1n) is 6.69. The number of likely N-dealkylation sites (tertiary alicyclic amines) is 1. The third kappa shape index (κ3) is 2.06. The molecule has 0 atom stereocenters. The molecular formula is C13H17N3O3S. The molecule has 7 heteroatoms. The van der Waals surface area contributed by atoms with Gasteiger partial charge in [-0.3, -0.25) is 4.79 Å². The molecule has 0 saturated carbocycles. The zero-order valence-electron chi connectivity index (χ0n) is 11.1. The third-order valence-corrected chi connectivity index (χ3v) is 5.67. The van der Waals surface area contributed by atoms with Gasteiger partial charge in [0.15, 0.2) is 0 Å². The average molecular weight is 295 g/mol. The average Bonchev–Trinajstić information content (AvgIpc) is 2.96. The molecule has 0 aliphatic carbocycles. The van der Waals surface area contributed by atoms with Gasteiger partial charge in [-0.25, -0.2) is 12.7 Å². The van der Waals surface area contributed by atoms with Crippen LogP contribution in [-0.4, -0.2) is 49.7 Å². The van der Waals surface area contributed by atoms with Crippen LogP contribution in [0.3, 0.4) is 0 Å². The number of nitrogen functional groups attached to an aromatic ring is 1. The summed E-state index contributed by atoms with van der Waals surface area (Å²) in [6, 6.07) is 4.40. The second-order valence-electron chi connectivity index (χ2n) is 5.19. The van der Waals surface area contributed by atoms with E-state index in [0.717, 1.165) is 30.2 Å². The maximum atomic E-state index is 12.4. The lowest BCUT2D eigenvalue weighted by Gasteiger charge is -2.20. The van der Waals surface area contributed by atoms with Gasteiger partial charge >= 0.3 is 0 Å². The molecule has 1 aromatic rings. The van der Waals surface area contributed by atoms with Gasteiger partial charge in [0, 0.05) is 12.2 Å². The first kappa shape index (κ1) is 13.4. The van der Waals surface area contributed by atoms with Crippen molar-refractivity contribution in [2.24, 2.45) is 0 Å².